The van der Waals surface area contributed by atoms with E-state index in [4.69, 9.17) is 4.74 Å². The van der Waals surface area contributed by atoms with Crippen molar-refractivity contribution in [3.05, 3.63) is 62.2 Å². The summed E-state index contributed by atoms with van der Waals surface area (Å²) in [5.41, 5.74) is 4.10. The molecule has 1 aromatic rings. The van der Waals surface area contributed by atoms with Crippen LogP contribution in [0.3, 0.4) is 0 Å². The lowest BCUT2D eigenvalue weighted by Gasteiger charge is -1.98. The molecule has 0 unspecified atom stereocenters. The summed E-state index contributed by atoms with van der Waals surface area (Å²) in [5, 5.41) is 0. The maximum atomic E-state index is 14.1. The van der Waals surface area contributed by atoms with Crippen LogP contribution in [0.4, 0.5) is 4.39 Å². The van der Waals surface area contributed by atoms with Crippen molar-refractivity contribution < 1.29 is 9.13 Å². The fourth-order valence-electron chi connectivity index (χ4n) is 2.06. The average molecular weight is 335 g/mol. The van der Waals surface area contributed by atoms with Crippen LogP contribution in [0.15, 0.2) is 41.3 Å². The zero-order valence-corrected chi connectivity index (χ0v) is 15.8. The Bertz CT molecular complexity index is 645. The second kappa shape index (κ2) is 9.64. The van der Waals surface area contributed by atoms with Crippen molar-refractivity contribution in [3.8, 4) is 0 Å². The molecule has 0 aliphatic rings. The number of thiophene rings is 1. The van der Waals surface area contributed by atoms with Crippen molar-refractivity contribution in [2.24, 2.45) is 0 Å². The molecule has 0 bridgehead atoms. The van der Waals surface area contributed by atoms with Gasteiger partial charge in [-0.2, -0.15) is 0 Å². The van der Waals surface area contributed by atoms with Gasteiger partial charge in [-0.15, -0.1) is 11.3 Å². The van der Waals surface area contributed by atoms with Crippen molar-refractivity contribution in [1.29, 1.82) is 0 Å². The summed E-state index contributed by atoms with van der Waals surface area (Å²) in [4.78, 5) is 2.59. The topological polar surface area (TPSA) is 9.23 Å². The van der Waals surface area contributed by atoms with Gasteiger partial charge in [0.15, 0.2) is 0 Å². The Morgan fingerprint density at radius 1 is 1.09 bits per heavy atom. The molecule has 0 saturated carbocycles. The first kappa shape index (κ1) is 19.6. The van der Waals surface area contributed by atoms with Gasteiger partial charge in [0.2, 0.25) is 0 Å². The van der Waals surface area contributed by atoms with Crippen LogP contribution >= 0.6 is 11.3 Å². The second-order valence-corrected chi connectivity index (χ2v) is 6.99. The molecular formula is C20H27FOS. The van der Waals surface area contributed by atoms with Gasteiger partial charge in [-0.3, -0.25) is 0 Å². The van der Waals surface area contributed by atoms with E-state index in [1.807, 2.05) is 32.1 Å². The van der Waals surface area contributed by atoms with Crippen molar-refractivity contribution in [2.75, 3.05) is 13.2 Å². The molecule has 1 heterocycles. The molecule has 1 aromatic heterocycles. The molecule has 1 rings (SSSR count). The molecule has 0 aromatic carbocycles. The molecule has 0 spiro atoms. The van der Waals surface area contributed by atoms with E-state index in [1.165, 1.54) is 27.0 Å². The van der Waals surface area contributed by atoms with Gasteiger partial charge in [0.25, 0.3) is 0 Å². The number of allylic oxidation sites excluding steroid dienone is 6. The summed E-state index contributed by atoms with van der Waals surface area (Å²) in [7, 11) is 0. The highest BCUT2D eigenvalue weighted by Crippen LogP contribution is 2.28. The average Bonchev–Trinajstić information content (AvgIpc) is 2.75. The highest BCUT2D eigenvalue weighted by atomic mass is 32.1. The molecule has 1 nitrogen and oxygen atoms in total. The first-order chi connectivity index (χ1) is 10.9. The standard InChI is InChI=1S/C20H27FOS/c1-7-22-13-12-14(2)8-11-20(21)15(3)9-10-19-16(4)17(5)23-18(19)6/h8-12H,7,13H2,1-6H3/b10-9+,11-8+,14-12+,20-15+. The van der Waals surface area contributed by atoms with Crippen LogP contribution in [-0.2, 0) is 4.74 Å². The van der Waals surface area contributed by atoms with Crippen molar-refractivity contribution in [1.82, 2.24) is 0 Å². The quantitative estimate of drug-likeness (QED) is 0.410. The number of halogens is 1. The van der Waals surface area contributed by atoms with E-state index in [0.29, 0.717) is 18.8 Å². The molecule has 0 amide bonds. The Balaban J connectivity index is 2.81. The number of rotatable bonds is 7. The number of aryl methyl sites for hydroxylation is 2. The molecule has 0 aliphatic heterocycles. The third-order valence-corrected chi connectivity index (χ3v) is 4.85. The predicted octanol–water partition coefficient (Wildman–Crippen LogP) is 6.47. The monoisotopic (exact) mass is 334 g/mol. The zero-order valence-electron chi connectivity index (χ0n) is 15.0. The fourth-order valence-corrected chi connectivity index (χ4v) is 3.11. The van der Waals surface area contributed by atoms with Gasteiger partial charge in [-0.25, -0.2) is 4.39 Å². The van der Waals surface area contributed by atoms with Crippen LogP contribution < -0.4 is 0 Å². The largest absolute Gasteiger partial charge is 0.378 e. The number of ether oxygens (including phenoxy) is 1. The summed E-state index contributed by atoms with van der Waals surface area (Å²) in [6, 6.07) is 0. The lowest BCUT2D eigenvalue weighted by atomic mass is 10.1. The van der Waals surface area contributed by atoms with Crippen LogP contribution in [0.5, 0.6) is 0 Å². The Morgan fingerprint density at radius 3 is 2.35 bits per heavy atom. The van der Waals surface area contributed by atoms with E-state index in [0.717, 1.165) is 5.57 Å². The Labute approximate surface area is 143 Å². The van der Waals surface area contributed by atoms with Crippen LogP contribution in [0, 0.1) is 20.8 Å². The molecule has 3 heteroatoms. The molecule has 0 saturated heterocycles. The van der Waals surface area contributed by atoms with Gasteiger partial charge in [0.05, 0.1) is 6.61 Å². The van der Waals surface area contributed by atoms with E-state index < -0.39 is 0 Å². The molecule has 126 valence electrons. The van der Waals surface area contributed by atoms with Crippen molar-refractivity contribution in [2.45, 2.75) is 41.5 Å². The van der Waals surface area contributed by atoms with E-state index in [2.05, 4.69) is 20.8 Å². The van der Waals surface area contributed by atoms with Crippen LogP contribution in [0.1, 0.15) is 41.7 Å². The minimum absolute atomic E-state index is 0.215. The van der Waals surface area contributed by atoms with E-state index in [1.54, 1.807) is 24.3 Å². The van der Waals surface area contributed by atoms with Gasteiger partial charge < -0.3 is 4.74 Å². The summed E-state index contributed by atoms with van der Waals surface area (Å²) < 4.78 is 19.4. The summed E-state index contributed by atoms with van der Waals surface area (Å²) in [6.07, 6.45) is 9.08. The molecular weight excluding hydrogens is 307 g/mol. The van der Waals surface area contributed by atoms with Gasteiger partial charge in [-0.1, -0.05) is 29.9 Å². The van der Waals surface area contributed by atoms with Crippen LogP contribution in [0.2, 0.25) is 0 Å². The minimum atomic E-state index is -0.215. The highest BCUT2D eigenvalue weighted by Gasteiger charge is 2.06. The van der Waals surface area contributed by atoms with E-state index in [9.17, 15) is 4.39 Å². The third-order valence-electron chi connectivity index (χ3n) is 3.71. The summed E-state index contributed by atoms with van der Waals surface area (Å²) >= 11 is 1.79. The SMILES string of the molecule is CCOC/C=C(C)/C=C/C(F)=C(C)\C=C\c1c(C)sc(C)c1C. The predicted molar refractivity (Wildman–Crippen MR) is 101 cm³/mol. The highest BCUT2D eigenvalue weighted by molar-refractivity contribution is 7.12. The number of hydrogen-bond donors (Lipinski definition) is 0. The molecule has 0 atom stereocenters. The molecule has 0 N–H and O–H groups in total. The Hall–Kier alpha value is -1.45. The minimum Gasteiger partial charge on any atom is -0.378 e. The smallest absolute Gasteiger partial charge is 0.126 e. The van der Waals surface area contributed by atoms with Crippen LogP contribution in [-0.4, -0.2) is 13.2 Å². The van der Waals surface area contributed by atoms with Crippen molar-refractivity contribution in [3.63, 3.8) is 0 Å². The van der Waals surface area contributed by atoms with Gasteiger partial charge in [0.1, 0.15) is 5.83 Å². The summed E-state index contributed by atoms with van der Waals surface area (Å²) in [6.45, 7) is 13.3. The van der Waals surface area contributed by atoms with Crippen molar-refractivity contribution >= 4 is 17.4 Å². The molecule has 0 radical (unpaired) electrons. The van der Waals surface area contributed by atoms with Gasteiger partial charge in [0, 0.05) is 16.4 Å². The maximum Gasteiger partial charge on any atom is 0.126 e. The lowest BCUT2D eigenvalue weighted by molar-refractivity contribution is 0.177. The molecule has 23 heavy (non-hydrogen) atoms. The summed E-state index contributed by atoms with van der Waals surface area (Å²) in [5.74, 6) is -0.215. The first-order valence-electron chi connectivity index (χ1n) is 7.90. The van der Waals surface area contributed by atoms with Gasteiger partial charge >= 0.3 is 0 Å². The fraction of sp³-hybridized carbons (Fsp3) is 0.400. The zero-order chi connectivity index (χ0) is 17.4. The third kappa shape index (κ3) is 6.28. The van der Waals surface area contributed by atoms with Crippen LogP contribution in [0.25, 0.3) is 6.08 Å². The lowest BCUT2D eigenvalue weighted by Crippen LogP contribution is -1.89. The van der Waals surface area contributed by atoms with Gasteiger partial charge in [-0.05, 0) is 64.3 Å². The van der Waals surface area contributed by atoms with E-state index in [-0.39, 0.29) is 5.83 Å². The maximum absolute atomic E-state index is 14.1. The Morgan fingerprint density at radius 2 is 1.78 bits per heavy atom. The second-order valence-electron chi connectivity index (χ2n) is 5.56. The molecule has 0 fully saturated rings. The Kier molecular flexibility index (Phi) is 8.21. The normalized spacial score (nSPS) is 14.1. The van der Waals surface area contributed by atoms with E-state index >= 15 is 0 Å². The first-order valence-corrected chi connectivity index (χ1v) is 8.72. The number of hydrogen-bond acceptors (Lipinski definition) is 2. The molecule has 0 aliphatic carbocycles.